The molecule has 0 saturated heterocycles. The highest BCUT2D eigenvalue weighted by molar-refractivity contribution is 9.10. The molecule has 1 N–H and O–H groups in total. The third-order valence-corrected chi connectivity index (χ3v) is 5.84. The summed E-state index contributed by atoms with van der Waals surface area (Å²) in [4.78, 5) is 2.67. The molecule has 0 radical (unpaired) electrons. The molecule has 3 heteroatoms. The maximum Gasteiger partial charge on any atom is 0.0448 e. The van der Waals surface area contributed by atoms with E-state index in [1.54, 1.807) is 11.3 Å². The molecule has 108 valence electrons. The van der Waals surface area contributed by atoms with Gasteiger partial charge in [0.25, 0.3) is 0 Å². The lowest BCUT2D eigenvalue weighted by Gasteiger charge is -2.41. The number of nitrogens with zero attached hydrogens (tertiary/aromatic N) is 1. The van der Waals surface area contributed by atoms with Crippen molar-refractivity contribution in [1.29, 1.82) is 0 Å². The molecule has 4 rings (SSSR count). The molecule has 2 nitrogen and oxygen atoms in total. The van der Waals surface area contributed by atoms with Gasteiger partial charge in [0, 0.05) is 36.3 Å². The van der Waals surface area contributed by atoms with Crippen molar-refractivity contribution >= 4 is 21.6 Å². The van der Waals surface area contributed by atoms with Gasteiger partial charge in [-0.25, -0.2) is 0 Å². The van der Waals surface area contributed by atoms with Crippen molar-refractivity contribution in [2.24, 2.45) is 5.92 Å². The first kappa shape index (κ1) is 13.1. The average molecular weight is 335 g/mol. The van der Waals surface area contributed by atoms with Gasteiger partial charge in [-0.2, -0.15) is 0 Å². The van der Waals surface area contributed by atoms with Crippen LogP contribution in [0.2, 0.25) is 0 Å². The van der Waals surface area contributed by atoms with Crippen molar-refractivity contribution in [2.75, 3.05) is 24.5 Å². The predicted molar refractivity (Wildman–Crippen MR) is 87.4 cm³/mol. The van der Waals surface area contributed by atoms with Crippen molar-refractivity contribution in [3.8, 4) is 0 Å². The molecule has 0 amide bonds. The highest BCUT2D eigenvalue weighted by Crippen LogP contribution is 2.47. The summed E-state index contributed by atoms with van der Waals surface area (Å²) < 4.78 is 1.26. The summed E-state index contributed by atoms with van der Waals surface area (Å²) in [6.45, 7) is 4.59. The van der Waals surface area contributed by atoms with Crippen LogP contribution in [0.1, 0.15) is 49.1 Å². The zero-order valence-electron chi connectivity index (χ0n) is 12.0. The molecule has 0 aromatic heterocycles. The fraction of sp³-hybridized carbons (Fsp3) is 0.647. The molecule has 0 bridgehead atoms. The Morgan fingerprint density at radius 3 is 3.00 bits per heavy atom. The number of anilines is 1. The average Bonchev–Trinajstić information content (AvgIpc) is 2.78. The van der Waals surface area contributed by atoms with Crippen LogP contribution in [0.4, 0.5) is 5.69 Å². The lowest BCUT2D eigenvalue weighted by atomic mass is 9.77. The third kappa shape index (κ3) is 2.19. The maximum atomic E-state index is 3.74. The highest BCUT2D eigenvalue weighted by Gasteiger charge is 2.35. The van der Waals surface area contributed by atoms with Crippen molar-refractivity contribution in [1.82, 2.24) is 5.32 Å². The Labute approximate surface area is 130 Å². The summed E-state index contributed by atoms with van der Waals surface area (Å²) in [6, 6.07) is 4.74. The Bertz CT molecular complexity index is 514. The Balaban J connectivity index is 1.84. The Hall–Kier alpha value is -0.540. The fourth-order valence-corrected chi connectivity index (χ4v) is 5.03. The van der Waals surface area contributed by atoms with E-state index < -0.39 is 0 Å². The zero-order valence-corrected chi connectivity index (χ0v) is 13.6. The van der Waals surface area contributed by atoms with Crippen LogP contribution >= 0.6 is 15.9 Å². The molecule has 2 unspecified atom stereocenters. The Kier molecular flexibility index (Phi) is 3.51. The molecular formula is C17H23BrN2. The van der Waals surface area contributed by atoms with Crippen molar-refractivity contribution in [3.63, 3.8) is 0 Å². The smallest absolute Gasteiger partial charge is 0.0448 e. The third-order valence-electron chi connectivity index (χ3n) is 5.39. The van der Waals surface area contributed by atoms with Crippen LogP contribution in [0.3, 0.4) is 0 Å². The van der Waals surface area contributed by atoms with E-state index in [2.05, 4.69) is 38.3 Å². The lowest BCUT2D eigenvalue weighted by Crippen LogP contribution is -2.39. The number of nitrogens with one attached hydrogen (secondary N) is 1. The number of rotatable bonds is 0. The predicted octanol–water partition coefficient (Wildman–Crippen LogP) is 4.04. The standard InChI is InChI=1S/C17H23BrN2/c18-14-8-13-10-19-6-7-20-11-12-4-2-1-3-5-15(12)16(9-14)17(13)20/h8-9,12,15,19H,1-7,10-11H2. The van der Waals surface area contributed by atoms with Crippen LogP contribution in [0.15, 0.2) is 16.6 Å². The van der Waals surface area contributed by atoms with Crippen LogP contribution in [0.5, 0.6) is 0 Å². The molecule has 0 spiro atoms. The van der Waals surface area contributed by atoms with E-state index in [0.717, 1.165) is 24.9 Å². The minimum Gasteiger partial charge on any atom is -0.369 e. The van der Waals surface area contributed by atoms with Crippen LogP contribution in [0.25, 0.3) is 0 Å². The van der Waals surface area contributed by atoms with Gasteiger partial charge in [-0.15, -0.1) is 0 Å². The minimum atomic E-state index is 0.804. The van der Waals surface area contributed by atoms with E-state index >= 15 is 0 Å². The molecule has 1 aromatic rings. The van der Waals surface area contributed by atoms with Crippen LogP contribution in [-0.2, 0) is 6.54 Å². The van der Waals surface area contributed by atoms with E-state index in [4.69, 9.17) is 0 Å². The lowest BCUT2D eigenvalue weighted by molar-refractivity contribution is 0.380. The summed E-state index contributed by atoms with van der Waals surface area (Å²) in [5.41, 5.74) is 4.70. The fourth-order valence-electron chi connectivity index (χ4n) is 4.51. The molecule has 1 aromatic carbocycles. The second kappa shape index (κ2) is 5.34. The SMILES string of the molecule is Brc1cc2c3c(c1)C1CCCCCC1CN3CCNC2. The number of halogens is 1. The van der Waals surface area contributed by atoms with Crippen molar-refractivity contribution in [3.05, 3.63) is 27.7 Å². The second-order valence-corrected chi connectivity index (χ2v) is 7.55. The first-order valence-electron chi connectivity index (χ1n) is 8.11. The summed E-state index contributed by atoms with van der Waals surface area (Å²) in [5, 5.41) is 3.58. The van der Waals surface area contributed by atoms with Gasteiger partial charge < -0.3 is 10.2 Å². The van der Waals surface area contributed by atoms with Gasteiger partial charge in [0.2, 0.25) is 0 Å². The topological polar surface area (TPSA) is 15.3 Å². The molecule has 1 fully saturated rings. The van der Waals surface area contributed by atoms with Crippen molar-refractivity contribution in [2.45, 2.75) is 44.6 Å². The number of fused-ring (bicyclic) bond motifs is 2. The maximum absolute atomic E-state index is 3.74. The van der Waals surface area contributed by atoms with Gasteiger partial charge in [0.1, 0.15) is 0 Å². The van der Waals surface area contributed by atoms with Gasteiger partial charge in [0.15, 0.2) is 0 Å². The van der Waals surface area contributed by atoms with Gasteiger partial charge >= 0.3 is 0 Å². The molecule has 1 saturated carbocycles. The Morgan fingerprint density at radius 2 is 2.05 bits per heavy atom. The molecular weight excluding hydrogens is 312 g/mol. The molecule has 2 aliphatic heterocycles. The van der Waals surface area contributed by atoms with Gasteiger partial charge in [0.05, 0.1) is 0 Å². The minimum absolute atomic E-state index is 0.804. The number of benzene rings is 1. The number of hydrogen-bond donors (Lipinski definition) is 1. The van der Waals surface area contributed by atoms with E-state index in [9.17, 15) is 0 Å². The number of hydrogen-bond acceptors (Lipinski definition) is 2. The summed E-state index contributed by atoms with van der Waals surface area (Å²) >= 11 is 3.74. The monoisotopic (exact) mass is 334 g/mol. The van der Waals surface area contributed by atoms with Gasteiger partial charge in [-0.3, -0.25) is 0 Å². The first-order valence-corrected chi connectivity index (χ1v) is 8.90. The van der Waals surface area contributed by atoms with Crippen LogP contribution < -0.4 is 10.2 Å². The van der Waals surface area contributed by atoms with Gasteiger partial charge in [-0.1, -0.05) is 35.2 Å². The van der Waals surface area contributed by atoms with Crippen LogP contribution in [-0.4, -0.2) is 19.6 Å². The van der Waals surface area contributed by atoms with E-state index in [1.165, 1.54) is 55.2 Å². The molecule has 20 heavy (non-hydrogen) atoms. The van der Waals surface area contributed by atoms with E-state index in [0.29, 0.717) is 0 Å². The van der Waals surface area contributed by atoms with E-state index in [1.807, 2.05) is 0 Å². The van der Waals surface area contributed by atoms with Gasteiger partial charge in [-0.05, 0) is 47.9 Å². The summed E-state index contributed by atoms with van der Waals surface area (Å²) in [6.07, 6.45) is 7.11. The summed E-state index contributed by atoms with van der Waals surface area (Å²) in [5.74, 6) is 1.68. The second-order valence-electron chi connectivity index (χ2n) is 6.63. The Morgan fingerprint density at radius 1 is 1.15 bits per heavy atom. The first-order chi connectivity index (χ1) is 9.83. The largest absolute Gasteiger partial charge is 0.369 e. The zero-order chi connectivity index (χ0) is 13.5. The van der Waals surface area contributed by atoms with E-state index in [-0.39, 0.29) is 0 Å². The highest BCUT2D eigenvalue weighted by atomic mass is 79.9. The quantitative estimate of drug-likeness (QED) is 0.770. The summed E-state index contributed by atoms with van der Waals surface area (Å²) in [7, 11) is 0. The molecule has 2 atom stereocenters. The van der Waals surface area contributed by atoms with Crippen molar-refractivity contribution < 1.29 is 0 Å². The molecule has 2 heterocycles. The molecule has 1 aliphatic carbocycles. The normalized spacial score (nSPS) is 29.1. The van der Waals surface area contributed by atoms with Crippen LogP contribution in [0, 0.1) is 5.92 Å². The molecule has 3 aliphatic rings.